The summed E-state index contributed by atoms with van der Waals surface area (Å²) >= 11 is 0. The van der Waals surface area contributed by atoms with Gasteiger partial charge in [0.15, 0.2) is 0 Å². The Hall–Kier alpha value is -1.11. The summed E-state index contributed by atoms with van der Waals surface area (Å²) in [7, 11) is -1.96. The highest BCUT2D eigenvalue weighted by Gasteiger charge is 2.20. The van der Waals surface area contributed by atoms with Crippen molar-refractivity contribution in [3.05, 3.63) is 23.3 Å². The third kappa shape index (κ3) is 4.98. The number of hydrogen-bond donors (Lipinski definition) is 2. The predicted octanol–water partition coefficient (Wildman–Crippen LogP) is 2.00. The number of aryl methyl sites for hydroxylation is 2. The maximum atomic E-state index is 12.4. The van der Waals surface area contributed by atoms with Gasteiger partial charge in [-0.25, -0.2) is 13.1 Å². The molecule has 1 unspecified atom stereocenters. The lowest BCUT2D eigenvalue weighted by Crippen LogP contribution is -2.26. The Balaban J connectivity index is 2.79. The standard InChI is InChI=1S/C15H25NO4S/c1-11(10-17)6-5-7-16-21(18,19)15-12(2)8-14(20-4)9-13(15)3/h8-9,11,16-17H,5-7,10H2,1-4H3. The molecule has 21 heavy (non-hydrogen) atoms. The molecule has 0 aliphatic carbocycles. The topological polar surface area (TPSA) is 75.6 Å². The quantitative estimate of drug-likeness (QED) is 0.720. The van der Waals surface area contributed by atoms with E-state index in [0.717, 1.165) is 6.42 Å². The average molecular weight is 315 g/mol. The molecular weight excluding hydrogens is 290 g/mol. The molecule has 1 aromatic carbocycles. The molecule has 2 N–H and O–H groups in total. The first-order valence-electron chi connectivity index (χ1n) is 7.07. The lowest BCUT2D eigenvalue weighted by atomic mass is 10.1. The molecule has 0 aromatic heterocycles. The number of methoxy groups -OCH3 is 1. The highest BCUT2D eigenvalue weighted by molar-refractivity contribution is 7.89. The maximum Gasteiger partial charge on any atom is 0.241 e. The second-order valence-electron chi connectivity index (χ2n) is 5.42. The van der Waals surface area contributed by atoms with Crippen LogP contribution in [0.4, 0.5) is 0 Å². The summed E-state index contributed by atoms with van der Waals surface area (Å²) in [4.78, 5) is 0.318. The SMILES string of the molecule is COc1cc(C)c(S(=O)(=O)NCCCC(C)CO)c(C)c1. The monoisotopic (exact) mass is 315 g/mol. The third-order valence-electron chi connectivity index (χ3n) is 3.42. The van der Waals surface area contributed by atoms with Gasteiger partial charge in [0.25, 0.3) is 0 Å². The molecule has 0 aliphatic rings. The molecule has 0 bridgehead atoms. The van der Waals surface area contributed by atoms with Gasteiger partial charge in [-0.05, 0) is 55.9 Å². The average Bonchev–Trinajstić information content (AvgIpc) is 2.42. The van der Waals surface area contributed by atoms with Gasteiger partial charge in [0.2, 0.25) is 10.0 Å². The fourth-order valence-corrected chi connectivity index (χ4v) is 3.80. The minimum absolute atomic E-state index is 0.128. The number of ether oxygens (including phenoxy) is 1. The second-order valence-corrected chi connectivity index (χ2v) is 7.12. The number of rotatable bonds is 8. The highest BCUT2D eigenvalue weighted by Crippen LogP contribution is 2.25. The van der Waals surface area contributed by atoms with Crippen LogP contribution in [0.15, 0.2) is 17.0 Å². The van der Waals surface area contributed by atoms with Crippen LogP contribution in [0, 0.1) is 19.8 Å². The van der Waals surface area contributed by atoms with Crippen LogP contribution in [0.25, 0.3) is 0 Å². The van der Waals surface area contributed by atoms with Gasteiger partial charge in [-0.2, -0.15) is 0 Å². The Kier molecular flexibility index (Phi) is 6.64. The van der Waals surface area contributed by atoms with Gasteiger partial charge < -0.3 is 9.84 Å². The van der Waals surface area contributed by atoms with E-state index in [0.29, 0.717) is 34.7 Å². The van der Waals surface area contributed by atoms with Gasteiger partial charge in [-0.3, -0.25) is 0 Å². The third-order valence-corrected chi connectivity index (χ3v) is 5.18. The molecule has 1 aromatic rings. The molecule has 0 heterocycles. The van der Waals surface area contributed by atoms with Crippen LogP contribution >= 0.6 is 0 Å². The van der Waals surface area contributed by atoms with E-state index in [-0.39, 0.29) is 12.5 Å². The number of aliphatic hydroxyl groups excluding tert-OH is 1. The molecule has 1 rings (SSSR count). The fourth-order valence-electron chi connectivity index (χ4n) is 2.27. The molecule has 1 atom stereocenters. The van der Waals surface area contributed by atoms with Crippen molar-refractivity contribution in [3.8, 4) is 5.75 Å². The van der Waals surface area contributed by atoms with Gasteiger partial charge in [0.1, 0.15) is 5.75 Å². The lowest BCUT2D eigenvalue weighted by molar-refractivity contribution is 0.228. The van der Waals surface area contributed by atoms with Crippen LogP contribution in [0.5, 0.6) is 5.75 Å². The van der Waals surface area contributed by atoms with Crippen molar-refractivity contribution in [3.63, 3.8) is 0 Å². The van der Waals surface area contributed by atoms with Gasteiger partial charge >= 0.3 is 0 Å². The molecule has 0 saturated carbocycles. The van der Waals surface area contributed by atoms with E-state index in [1.165, 1.54) is 0 Å². The van der Waals surface area contributed by atoms with Crippen molar-refractivity contribution in [1.29, 1.82) is 0 Å². The van der Waals surface area contributed by atoms with Gasteiger partial charge in [-0.15, -0.1) is 0 Å². The van der Waals surface area contributed by atoms with Crippen molar-refractivity contribution in [2.75, 3.05) is 20.3 Å². The minimum Gasteiger partial charge on any atom is -0.497 e. The molecule has 0 fully saturated rings. The van der Waals surface area contributed by atoms with E-state index in [9.17, 15) is 8.42 Å². The van der Waals surface area contributed by atoms with Crippen LogP contribution in [-0.2, 0) is 10.0 Å². The van der Waals surface area contributed by atoms with Crippen LogP contribution in [0.3, 0.4) is 0 Å². The zero-order valence-electron chi connectivity index (χ0n) is 13.1. The lowest BCUT2D eigenvalue weighted by Gasteiger charge is -2.14. The van der Waals surface area contributed by atoms with E-state index in [2.05, 4.69) is 4.72 Å². The minimum atomic E-state index is -3.52. The highest BCUT2D eigenvalue weighted by atomic mass is 32.2. The van der Waals surface area contributed by atoms with Crippen molar-refractivity contribution in [2.24, 2.45) is 5.92 Å². The molecule has 0 radical (unpaired) electrons. The summed E-state index contributed by atoms with van der Waals surface area (Å²) in [5.74, 6) is 0.847. The Morgan fingerprint density at radius 2 is 1.86 bits per heavy atom. The van der Waals surface area contributed by atoms with E-state index >= 15 is 0 Å². The molecule has 0 aliphatic heterocycles. The summed E-state index contributed by atoms with van der Waals surface area (Å²) in [6.07, 6.45) is 1.49. The summed E-state index contributed by atoms with van der Waals surface area (Å²) in [6.45, 7) is 5.96. The molecule has 0 saturated heterocycles. The number of nitrogens with one attached hydrogen (secondary N) is 1. The summed E-state index contributed by atoms with van der Waals surface area (Å²) < 4.78 is 32.5. The smallest absolute Gasteiger partial charge is 0.241 e. The summed E-state index contributed by atoms with van der Waals surface area (Å²) in [5.41, 5.74) is 1.34. The van der Waals surface area contributed by atoms with Gasteiger partial charge in [-0.1, -0.05) is 6.92 Å². The summed E-state index contributed by atoms with van der Waals surface area (Å²) in [6, 6.07) is 3.44. The number of aliphatic hydroxyl groups is 1. The van der Waals surface area contributed by atoms with Crippen LogP contribution in [0.2, 0.25) is 0 Å². The molecular formula is C15H25NO4S. The molecule has 5 nitrogen and oxygen atoms in total. The Morgan fingerprint density at radius 3 is 2.33 bits per heavy atom. The van der Waals surface area contributed by atoms with E-state index in [1.807, 2.05) is 6.92 Å². The first-order chi connectivity index (χ1) is 9.81. The zero-order chi connectivity index (χ0) is 16.0. The van der Waals surface area contributed by atoms with Crippen molar-refractivity contribution in [2.45, 2.75) is 38.5 Å². The first-order valence-corrected chi connectivity index (χ1v) is 8.56. The largest absolute Gasteiger partial charge is 0.497 e. The van der Waals surface area contributed by atoms with Crippen LogP contribution in [0.1, 0.15) is 30.9 Å². The van der Waals surface area contributed by atoms with Crippen LogP contribution in [-0.4, -0.2) is 33.8 Å². The van der Waals surface area contributed by atoms with E-state index in [1.54, 1.807) is 33.1 Å². The maximum absolute atomic E-state index is 12.4. The Bertz CT molecular complexity index is 546. The van der Waals surface area contributed by atoms with Gasteiger partial charge in [0, 0.05) is 13.2 Å². The zero-order valence-corrected chi connectivity index (χ0v) is 14.0. The van der Waals surface area contributed by atoms with Crippen molar-refractivity contribution >= 4 is 10.0 Å². The van der Waals surface area contributed by atoms with Crippen molar-refractivity contribution < 1.29 is 18.3 Å². The first kappa shape index (κ1) is 17.9. The van der Waals surface area contributed by atoms with Crippen molar-refractivity contribution in [1.82, 2.24) is 4.72 Å². The van der Waals surface area contributed by atoms with E-state index < -0.39 is 10.0 Å². The Labute approximate surface area is 127 Å². The molecule has 6 heteroatoms. The second kappa shape index (κ2) is 7.77. The number of sulfonamides is 1. The molecule has 120 valence electrons. The van der Waals surface area contributed by atoms with Crippen LogP contribution < -0.4 is 9.46 Å². The molecule has 0 amide bonds. The normalized spacial score (nSPS) is 13.2. The predicted molar refractivity (Wildman–Crippen MR) is 83.1 cm³/mol. The number of hydrogen-bond acceptors (Lipinski definition) is 4. The van der Waals surface area contributed by atoms with Gasteiger partial charge in [0.05, 0.1) is 12.0 Å². The Morgan fingerprint density at radius 1 is 1.29 bits per heavy atom. The number of benzene rings is 1. The molecule has 0 spiro atoms. The fraction of sp³-hybridized carbons (Fsp3) is 0.600. The summed E-state index contributed by atoms with van der Waals surface area (Å²) in [5, 5.41) is 8.94. The van der Waals surface area contributed by atoms with E-state index in [4.69, 9.17) is 9.84 Å².